The van der Waals surface area contributed by atoms with Crippen LogP contribution in [0, 0.1) is 0 Å². The molecule has 0 N–H and O–H groups in total. The number of rotatable bonds is 5. The van der Waals surface area contributed by atoms with E-state index in [1.807, 2.05) is 55.5 Å². The van der Waals surface area contributed by atoms with E-state index in [1.165, 1.54) is 0 Å². The maximum Gasteiger partial charge on any atom is 0.338 e. The third-order valence-corrected chi connectivity index (χ3v) is 2.97. The molecule has 2 aromatic rings. The van der Waals surface area contributed by atoms with Gasteiger partial charge >= 0.3 is 5.97 Å². The van der Waals surface area contributed by atoms with Crippen LogP contribution < -0.4 is 0 Å². The molecule has 0 radical (unpaired) electrons. The minimum atomic E-state index is -0.290. The molecule has 0 fully saturated rings. The molecule has 3 nitrogen and oxygen atoms in total. The van der Waals surface area contributed by atoms with Crippen molar-refractivity contribution in [3.05, 3.63) is 71.8 Å². The first-order chi connectivity index (χ1) is 10.7. The first kappa shape index (κ1) is 17.9. The Morgan fingerprint density at radius 1 is 1.00 bits per heavy atom. The fourth-order valence-corrected chi connectivity index (χ4v) is 1.80. The summed E-state index contributed by atoms with van der Waals surface area (Å²) in [6, 6.07) is 18.7. The molecular formula is C19H24O3. The molecule has 0 bridgehead atoms. The lowest BCUT2D eigenvalue weighted by atomic mass is 10.1. The molecule has 1 atom stereocenters. The predicted octanol–water partition coefficient (Wildman–Crippen LogP) is 4.65. The van der Waals surface area contributed by atoms with Crippen molar-refractivity contribution in [2.45, 2.75) is 26.4 Å². The smallest absolute Gasteiger partial charge is 0.338 e. The second-order valence-corrected chi connectivity index (χ2v) is 4.82. The molecule has 0 saturated heterocycles. The van der Waals surface area contributed by atoms with Crippen molar-refractivity contribution in [1.29, 1.82) is 0 Å². The summed E-state index contributed by atoms with van der Waals surface area (Å²) < 4.78 is 10.1. The normalized spacial score (nSPS) is 11.0. The molecule has 0 saturated carbocycles. The zero-order valence-corrected chi connectivity index (χ0v) is 13.5. The molecule has 22 heavy (non-hydrogen) atoms. The van der Waals surface area contributed by atoms with E-state index >= 15 is 0 Å². The number of benzene rings is 2. The predicted molar refractivity (Wildman–Crippen MR) is 88.9 cm³/mol. The number of carbonyl (C=O) groups is 1. The average Bonchev–Trinajstić information content (AvgIpc) is 2.57. The van der Waals surface area contributed by atoms with Gasteiger partial charge in [0.25, 0.3) is 0 Å². The van der Waals surface area contributed by atoms with Crippen LogP contribution in [0.25, 0.3) is 0 Å². The molecule has 3 heteroatoms. The van der Waals surface area contributed by atoms with Gasteiger partial charge in [0.05, 0.1) is 5.56 Å². The summed E-state index contributed by atoms with van der Waals surface area (Å²) in [5.41, 5.74) is 1.58. The quantitative estimate of drug-likeness (QED) is 0.754. The first-order valence-corrected chi connectivity index (χ1v) is 7.49. The standard InChI is InChI=1S/C15H14O2.C4H10O/c1-12(13-8-4-2-5-9-13)17-15(16)14-10-6-3-7-11-14;1-3-4-5-2/h2-12H,1H3;3-4H2,1-2H3. The number of hydrogen-bond acceptors (Lipinski definition) is 3. The van der Waals surface area contributed by atoms with Gasteiger partial charge in [-0.05, 0) is 31.0 Å². The zero-order chi connectivity index (χ0) is 16.2. The third kappa shape index (κ3) is 6.55. The zero-order valence-electron chi connectivity index (χ0n) is 13.5. The lowest BCUT2D eigenvalue weighted by Gasteiger charge is -2.13. The number of hydrogen-bond donors (Lipinski definition) is 0. The topological polar surface area (TPSA) is 35.5 Å². The monoisotopic (exact) mass is 300 g/mol. The molecule has 0 heterocycles. The van der Waals surface area contributed by atoms with Crippen LogP contribution in [0.4, 0.5) is 0 Å². The lowest BCUT2D eigenvalue weighted by Crippen LogP contribution is -2.08. The Hall–Kier alpha value is -2.13. The van der Waals surface area contributed by atoms with Gasteiger partial charge in [0, 0.05) is 13.7 Å². The Bertz CT molecular complexity index is 521. The Kier molecular flexibility index (Phi) is 8.61. The fourth-order valence-electron chi connectivity index (χ4n) is 1.80. The summed E-state index contributed by atoms with van der Waals surface area (Å²) in [4.78, 5) is 11.8. The minimum Gasteiger partial charge on any atom is -0.454 e. The highest BCUT2D eigenvalue weighted by molar-refractivity contribution is 5.89. The highest BCUT2D eigenvalue weighted by Crippen LogP contribution is 2.17. The van der Waals surface area contributed by atoms with Crippen molar-refractivity contribution >= 4 is 5.97 Å². The second-order valence-electron chi connectivity index (χ2n) is 4.82. The Morgan fingerprint density at radius 3 is 2.00 bits per heavy atom. The van der Waals surface area contributed by atoms with E-state index in [2.05, 4.69) is 6.92 Å². The molecule has 0 spiro atoms. The number of carbonyl (C=O) groups excluding carboxylic acids is 1. The molecule has 2 aromatic carbocycles. The van der Waals surface area contributed by atoms with Crippen molar-refractivity contribution in [3.8, 4) is 0 Å². The lowest BCUT2D eigenvalue weighted by molar-refractivity contribution is 0.0338. The van der Waals surface area contributed by atoms with Crippen LogP contribution in [0.3, 0.4) is 0 Å². The molecule has 0 aliphatic heterocycles. The van der Waals surface area contributed by atoms with E-state index in [-0.39, 0.29) is 12.1 Å². The number of ether oxygens (including phenoxy) is 2. The highest BCUT2D eigenvalue weighted by atomic mass is 16.5. The summed E-state index contributed by atoms with van der Waals surface area (Å²) in [6.45, 7) is 4.85. The van der Waals surface area contributed by atoms with Gasteiger partial charge in [-0.1, -0.05) is 55.5 Å². The van der Waals surface area contributed by atoms with Gasteiger partial charge in [0.2, 0.25) is 0 Å². The largest absolute Gasteiger partial charge is 0.454 e. The summed E-state index contributed by atoms with van der Waals surface area (Å²) in [6.07, 6.45) is 0.889. The van der Waals surface area contributed by atoms with Gasteiger partial charge in [-0.3, -0.25) is 0 Å². The van der Waals surface area contributed by atoms with E-state index < -0.39 is 0 Å². The van der Waals surface area contributed by atoms with E-state index in [9.17, 15) is 4.79 Å². The van der Waals surface area contributed by atoms with Crippen LogP contribution in [0.2, 0.25) is 0 Å². The van der Waals surface area contributed by atoms with Crippen LogP contribution in [0.15, 0.2) is 60.7 Å². The Labute approximate surface area is 132 Å². The van der Waals surface area contributed by atoms with Gasteiger partial charge in [0.1, 0.15) is 6.10 Å². The molecule has 0 aliphatic rings. The van der Waals surface area contributed by atoms with Crippen LogP contribution in [0.1, 0.15) is 42.3 Å². The van der Waals surface area contributed by atoms with E-state index in [0.717, 1.165) is 18.6 Å². The summed E-state index contributed by atoms with van der Waals surface area (Å²) >= 11 is 0. The van der Waals surface area contributed by atoms with Crippen molar-refractivity contribution in [2.75, 3.05) is 13.7 Å². The Balaban J connectivity index is 0.000000422. The van der Waals surface area contributed by atoms with E-state index in [0.29, 0.717) is 5.56 Å². The molecule has 118 valence electrons. The SMILES string of the molecule is CC(OC(=O)c1ccccc1)c1ccccc1.CCCOC. The van der Waals surface area contributed by atoms with Crippen LogP contribution in [-0.2, 0) is 9.47 Å². The molecule has 0 aliphatic carbocycles. The second kappa shape index (κ2) is 10.6. The van der Waals surface area contributed by atoms with Crippen LogP contribution >= 0.6 is 0 Å². The van der Waals surface area contributed by atoms with E-state index in [4.69, 9.17) is 9.47 Å². The summed E-state index contributed by atoms with van der Waals surface area (Å²) in [7, 11) is 1.71. The molecular weight excluding hydrogens is 276 g/mol. The van der Waals surface area contributed by atoms with E-state index in [1.54, 1.807) is 19.2 Å². The maximum absolute atomic E-state index is 11.8. The summed E-state index contributed by atoms with van der Waals surface area (Å²) in [5, 5.41) is 0. The van der Waals surface area contributed by atoms with Crippen LogP contribution in [0.5, 0.6) is 0 Å². The highest BCUT2D eigenvalue weighted by Gasteiger charge is 2.12. The minimum absolute atomic E-state index is 0.232. The number of esters is 1. The van der Waals surface area contributed by atoms with Gasteiger partial charge in [-0.15, -0.1) is 0 Å². The number of methoxy groups -OCH3 is 1. The van der Waals surface area contributed by atoms with Crippen molar-refractivity contribution in [2.24, 2.45) is 0 Å². The Morgan fingerprint density at radius 2 is 1.55 bits per heavy atom. The van der Waals surface area contributed by atoms with Gasteiger partial charge in [-0.25, -0.2) is 4.79 Å². The van der Waals surface area contributed by atoms with Crippen molar-refractivity contribution in [3.63, 3.8) is 0 Å². The van der Waals surface area contributed by atoms with Gasteiger partial charge < -0.3 is 9.47 Å². The van der Waals surface area contributed by atoms with Gasteiger partial charge in [-0.2, -0.15) is 0 Å². The third-order valence-electron chi connectivity index (χ3n) is 2.97. The molecule has 2 rings (SSSR count). The van der Waals surface area contributed by atoms with Crippen molar-refractivity contribution < 1.29 is 14.3 Å². The molecule has 0 aromatic heterocycles. The summed E-state index contributed by atoms with van der Waals surface area (Å²) in [5.74, 6) is -0.290. The van der Waals surface area contributed by atoms with Gasteiger partial charge in [0.15, 0.2) is 0 Å². The fraction of sp³-hybridized carbons (Fsp3) is 0.316. The maximum atomic E-state index is 11.8. The first-order valence-electron chi connectivity index (χ1n) is 7.49. The van der Waals surface area contributed by atoms with Crippen LogP contribution in [-0.4, -0.2) is 19.7 Å². The molecule has 1 unspecified atom stereocenters. The molecule has 0 amide bonds. The average molecular weight is 300 g/mol. The van der Waals surface area contributed by atoms with Crippen molar-refractivity contribution in [1.82, 2.24) is 0 Å².